The van der Waals surface area contributed by atoms with Crippen LogP contribution in [0.5, 0.6) is 0 Å². The van der Waals surface area contributed by atoms with Gasteiger partial charge in [0.1, 0.15) is 6.54 Å². The number of anilines is 1. The van der Waals surface area contributed by atoms with E-state index < -0.39 is 39.4 Å². The molecule has 10 heteroatoms. The number of hydrogen-bond donors (Lipinski definition) is 1. The van der Waals surface area contributed by atoms with Crippen LogP contribution in [0.4, 0.5) is 18.9 Å². The molecule has 2 rings (SSSR count). The Hall–Kier alpha value is -2.10. The fourth-order valence-corrected chi connectivity index (χ4v) is 4.35. The number of sulfone groups is 1. The SMILES string of the molecule is CC(=O)N(CC(=O)Nc1ccc(C(F)(F)F)cc1)C1CCS(=O)(=O)C1. The predicted octanol–water partition coefficient (Wildman–Crippen LogP) is 1.68. The molecule has 138 valence electrons. The molecule has 1 fully saturated rings. The molecule has 0 bridgehead atoms. The summed E-state index contributed by atoms with van der Waals surface area (Å²) in [6.07, 6.45) is -4.21. The van der Waals surface area contributed by atoms with Gasteiger partial charge in [-0.05, 0) is 30.7 Å². The summed E-state index contributed by atoms with van der Waals surface area (Å²) < 4.78 is 60.5. The molecule has 1 aromatic rings. The molecule has 0 aromatic heterocycles. The Bertz CT molecular complexity index is 760. The first kappa shape index (κ1) is 19.2. The van der Waals surface area contributed by atoms with E-state index in [-0.39, 0.29) is 30.2 Å². The second-order valence-corrected chi connectivity index (χ2v) is 8.06. The molecule has 1 atom stereocenters. The van der Waals surface area contributed by atoms with Gasteiger partial charge in [0.15, 0.2) is 9.84 Å². The van der Waals surface area contributed by atoms with Gasteiger partial charge < -0.3 is 10.2 Å². The topological polar surface area (TPSA) is 83.6 Å². The number of hydrogen-bond acceptors (Lipinski definition) is 4. The highest BCUT2D eigenvalue weighted by Gasteiger charge is 2.34. The molecule has 0 spiro atoms. The first-order valence-corrected chi connectivity index (χ1v) is 9.25. The van der Waals surface area contributed by atoms with Crippen molar-refractivity contribution in [2.24, 2.45) is 0 Å². The molecule has 1 saturated heterocycles. The molecule has 2 amide bonds. The third kappa shape index (κ3) is 5.18. The fourth-order valence-electron chi connectivity index (χ4n) is 2.62. The van der Waals surface area contributed by atoms with Crippen LogP contribution in [0.2, 0.25) is 0 Å². The molecule has 1 aromatic carbocycles. The maximum atomic E-state index is 12.5. The number of nitrogens with zero attached hydrogens (tertiary/aromatic N) is 1. The third-order valence-electron chi connectivity index (χ3n) is 3.86. The highest BCUT2D eigenvalue weighted by Crippen LogP contribution is 2.29. The van der Waals surface area contributed by atoms with Gasteiger partial charge in [-0.15, -0.1) is 0 Å². The summed E-state index contributed by atoms with van der Waals surface area (Å²) in [6, 6.07) is 3.32. The highest BCUT2D eigenvalue weighted by atomic mass is 32.2. The minimum absolute atomic E-state index is 0.0397. The molecule has 6 nitrogen and oxygen atoms in total. The van der Waals surface area contributed by atoms with E-state index in [1.165, 1.54) is 11.8 Å². The third-order valence-corrected chi connectivity index (χ3v) is 5.61. The molecule has 1 aliphatic rings. The van der Waals surface area contributed by atoms with Gasteiger partial charge in [-0.2, -0.15) is 13.2 Å². The molecule has 0 aliphatic carbocycles. The maximum Gasteiger partial charge on any atom is 0.416 e. The van der Waals surface area contributed by atoms with Crippen LogP contribution in [0.1, 0.15) is 18.9 Å². The van der Waals surface area contributed by atoms with Crippen LogP contribution in [-0.2, 0) is 25.6 Å². The summed E-state index contributed by atoms with van der Waals surface area (Å²) in [5, 5.41) is 2.40. The van der Waals surface area contributed by atoms with Crippen LogP contribution in [0.25, 0.3) is 0 Å². The van der Waals surface area contributed by atoms with E-state index in [0.717, 1.165) is 24.3 Å². The molecule has 25 heavy (non-hydrogen) atoms. The lowest BCUT2D eigenvalue weighted by molar-refractivity contribution is -0.137. The molecule has 1 aliphatic heterocycles. The zero-order chi connectivity index (χ0) is 18.8. The van der Waals surface area contributed by atoms with Gasteiger partial charge in [0.25, 0.3) is 0 Å². The van der Waals surface area contributed by atoms with Crippen LogP contribution in [0.15, 0.2) is 24.3 Å². The fraction of sp³-hybridized carbons (Fsp3) is 0.467. The molecular formula is C15H17F3N2O4S. The molecule has 0 saturated carbocycles. The lowest BCUT2D eigenvalue weighted by Crippen LogP contribution is -2.44. The Morgan fingerprint density at radius 2 is 1.84 bits per heavy atom. The zero-order valence-corrected chi connectivity index (χ0v) is 14.2. The van der Waals surface area contributed by atoms with Gasteiger partial charge >= 0.3 is 6.18 Å². The Morgan fingerprint density at radius 1 is 1.24 bits per heavy atom. The Morgan fingerprint density at radius 3 is 2.28 bits per heavy atom. The van der Waals surface area contributed by atoms with Gasteiger partial charge in [0.05, 0.1) is 17.1 Å². The van der Waals surface area contributed by atoms with E-state index >= 15 is 0 Å². The average molecular weight is 378 g/mol. The van der Waals surface area contributed by atoms with Crippen LogP contribution in [0.3, 0.4) is 0 Å². The lowest BCUT2D eigenvalue weighted by atomic mass is 10.2. The van der Waals surface area contributed by atoms with E-state index in [1.54, 1.807) is 0 Å². The largest absolute Gasteiger partial charge is 0.416 e. The second-order valence-electron chi connectivity index (χ2n) is 5.83. The van der Waals surface area contributed by atoms with Gasteiger partial charge in [0, 0.05) is 18.7 Å². The highest BCUT2D eigenvalue weighted by molar-refractivity contribution is 7.91. The summed E-state index contributed by atoms with van der Waals surface area (Å²) in [7, 11) is -3.22. The number of rotatable bonds is 4. The van der Waals surface area contributed by atoms with E-state index in [0.29, 0.717) is 0 Å². The van der Waals surface area contributed by atoms with Gasteiger partial charge in [0.2, 0.25) is 11.8 Å². The summed E-state index contributed by atoms with van der Waals surface area (Å²) in [6.45, 7) is 0.868. The molecule has 0 radical (unpaired) electrons. The molecule has 1 N–H and O–H groups in total. The van der Waals surface area contributed by atoms with Crippen molar-refractivity contribution in [3.63, 3.8) is 0 Å². The minimum Gasteiger partial charge on any atom is -0.330 e. The number of amides is 2. The monoisotopic (exact) mass is 378 g/mol. The van der Waals surface area contributed by atoms with Crippen molar-refractivity contribution >= 4 is 27.3 Å². The predicted molar refractivity (Wildman–Crippen MR) is 84.5 cm³/mol. The van der Waals surface area contributed by atoms with Gasteiger partial charge in [-0.25, -0.2) is 8.42 Å². The second kappa shape index (κ2) is 7.03. The van der Waals surface area contributed by atoms with Crippen molar-refractivity contribution in [2.75, 3.05) is 23.4 Å². The minimum atomic E-state index is -4.47. The van der Waals surface area contributed by atoms with Gasteiger partial charge in [-0.3, -0.25) is 9.59 Å². The van der Waals surface area contributed by atoms with Crippen LogP contribution in [-0.4, -0.2) is 49.2 Å². The summed E-state index contributed by atoms with van der Waals surface area (Å²) >= 11 is 0. The zero-order valence-electron chi connectivity index (χ0n) is 13.3. The number of benzene rings is 1. The number of carbonyl (C=O) groups excluding carboxylic acids is 2. The van der Waals surface area contributed by atoms with Crippen molar-refractivity contribution in [1.82, 2.24) is 4.90 Å². The molecule has 1 unspecified atom stereocenters. The first-order valence-electron chi connectivity index (χ1n) is 7.43. The molecule has 1 heterocycles. The number of alkyl halides is 3. The van der Waals surface area contributed by atoms with Crippen molar-refractivity contribution in [2.45, 2.75) is 25.6 Å². The van der Waals surface area contributed by atoms with Crippen LogP contribution in [0, 0.1) is 0 Å². The smallest absolute Gasteiger partial charge is 0.330 e. The summed E-state index contributed by atoms with van der Waals surface area (Å²) in [5.74, 6) is -1.29. The maximum absolute atomic E-state index is 12.5. The lowest BCUT2D eigenvalue weighted by Gasteiger charge is -2.26. The van der Waals surface area contributed by atoms with E-state index in [1.807, 2.05) is 0 Å². The van der Waals surface area contributed by atoms with E-state index in [4.69, 9.17) is 0 Å². The van der Waals surface area contributed by atoms with Gasteiger partial charge in [-0.1, -0.05) is 0 Å². The normalized spacial score (nSPS) is 19.4. The number of carbonyl (C=O) groups is 2. The Balaban J connectivity index is 2.01. The first-order chi connectivity index (χ1) is 11.5. The average Bonchev–Trinajstić information content (AvgIpc) is 2.84. The van der Waals surface area contributed by atoms with Crippen LogP contribution < -0.4 is 5.32 Å². The van der Waals surface area contributed by atoms with Crippen molar-refractivity contribution in [3.8, 4) is 0 Å². The van der Waals surface area contributed by atoms with E-state index in [2.05, 4.69) is 5.32 Å². The Kier molecular flexibility index (Phi) is 5.40. The summed E-state index contributed by atoms with van der Waals surface area (Å²) in [4.78, 5) is 24.9. The molecular weight excluding hydrogens is 361 g/mol. The van der Waals surface area contributed by atoms with Crippen molar-refractivity contribution in [3.05, 3.63) is 29.8 Å². The van der Waals surface area contributed by atoms with Crippen LogP contribution >= 0.6 is 0 Å². The quantitative estimate of drug-likeness (QED) is 0.864. The standard InChI is InChI=1S/C15H17F3N2O4S/c1-10(21)20(13-6-7-25(23,24)9-13)8-14(22)19-12-4-2-11(3-5-12)15(16,17)18/h2-5,13H,6-9H2,1H3,(H,19,22). The summed E-state index contributed by atoms with van der Waals surface area (Å²) in [5.41, 5.74) is -0.687. The Labute approximate surface area is 142 Å². The number of halogens is 3. The van der Waals surface area contributed by atoms with E-state index in [9.17, 15) is 31.2 Å². The number of nitrogens with one attached hydrogen (secondary N) is 1. The van der Waals surface area contributed by atoms with Crippen molar-refractivity contribution in [1.29, 1.82) is 0 Å². The van der Waals surface area contributed by atoms with Crippen molar-refractivity contribution < 1.29 is 31.2 Å².